The summed E-state index contributed by atoms with van der Waals surface area (Å²) in [6.07, 6.45) is -4.00. The third-order valence-corrected chi connectivity index (χ3v) is 4.72. The number of nitrogens with one attached hydrogen (secondary N) is 2. The summed E-state index contributed by atoms with van der Waals surface area (Å²) < 4.78 is 68.8. The predicted octanol–water partition coefficient (Wildman–Crippen LogP) is 1.83. The van der Waals surface area contributed by atoms with Crippen LogP contribution in [0.4, 0.5) is 13.2 Å². The van der Waals surface area contributed by atoms with Gasteiger partial charge < -0.3 is 10.1 Å². The Morgan fingerprint density at radius 1 is 1.19 bits per heavy atom. The number of hydrogen-bond donors (Lipinski definition) is 2. The van der Waals surface area contributed by atoms with Crippen LogP contribution in [0.2, 0.25) is 0 Å². The first-order valence-corrected chi connectivity index (χ1v) is 9.64. The molecule has 0 atom stereocenters. The first kappa shape index (κ1) is 22.9. The number of carbonyl (C=O) groups excluding carboxylic acids is 2. The largest absolute Gasteiger partial charge is 0.456 e. The van der Waals surface area contributed by atoms with Crippen molar-refractivity contribution >= 4 is 21.9 Å². The van der Waals surface area contributed by atoms with Crippen LogP contribution in [0.3, 0.4) is 0 Å². The third kappa shape index (κ3) is 8.39. The summed E-state index contributed by atoms with van der Waals surface area (Å²) >= 11 is 0. The van der Waals surface area contributed by atoms with Gasteiger partial charge in [-0.2, -0.15) is 13.2 Å². The summed E-state index contributed by atoms with van der Waals surface area (Å²) in [5.74, 6) is -1.12. The molecule has 0 saturated heterocycles. The molecule has 0 aliphatic rings. The molecular weight excluding hydrogens is 389 g/mol. The minimum atomic E-state index is -4.65. The van der Waals surface area contributed by atoms with E-state index in [9.17, 15) is 31.2 Å². The summed E-state index contributed by atoms with van der Waals surface area (Å²) in [5.41, 5.74) is -1.07. The molecule has 0 fully saturated rings. The second kappa shape index (κ2) is 10.3. The lowest BCUT2D eigenvalue weighted by molar-refractivity contribution is -0.148. The van der Waals surface area contributed by atoms with E-state index < -0.39 is 45.1 Å². The van der Waals surface area contributed by atoms with Gasteiger partial charge in [-0.1, -0.05) is 13.0 Å². The van der Waals surface area contributed by atoms with Gasteiger partial charge in [-0.15, -0.1) is 0 Å². The lowest BCUT2D eigenvalue weighted by Gasteiger charge is -2.10. The maximum Gasteiger partial charge on any atom is 0.416 e. The van der Waals surface area contributed by atoms with Crippen molar-refractivity contribution < 1.29 is 35.9 Å². The lowest BCUT2D eigenvalue weighted by atomic mass is 10.2. The molecule has 2 N–H and O–H groups in total. The highest BCUT2D eigenvalue weighted by Crippen LogP contribution is 2.30. The summed E-state index contributed by atoms with van der Waals surface area (Å²) in [7, 11) is -4.14. The van der Waals surface area contributed by atoms with E-state index in [1.807, 2.05) is 6.92 Å². The number of amides is 1. The van der Waals surface area contributed by atoms with Crippen molar-refractivity contribution in [3.05, 3.63) is 29.8 Å². The molecule has 0 aliphatic heterocycles. The van der Waals surface area contributed by atoms with E-state index in [0.717, 1.165) is 24.6 Å². The fraction of sp³-hybridized carbons (Fsp3) is 0.500. The highest BCUT2D eigenvalue weighted by atomic mass is 32.2. The zero-order valence-corrected chi connectivity index (χ0v) is 15.5. The number of benzene rings is 1. The molecule has 0 bridgehead atoms. The van der Waals surface area contributed by atoms with Gasteiger partial charge in [-0.25, -0.2) is 13.1 Å². The Bertz CT molecular complexity index is 751. The number of rotatable bonds is 10. The van der Waals surface area contributed by atoms with Crippen molar-refractivity contribution in [2.45, 2.75) is 37.3 Å². The van der Waals surface area contributed by atoms with Gasteiger partial charge in [0, 0.05) is 19.5 Å². The second-order valence-electron chi connectivity index (χ2n) is 5.54. The van der Waals surface area contributed by atoms with Gasteiger partial charge in [0.2, 0.25) is 10.0 Å². The smallest absolute Gasteiger partial charge is 0.416 e. The van der Waals surface area contributed by atoms with Gasteiger partial charge in [-0.3, -0.25) is 9.59 Å². The molecule has 0 heterocycles. The van der Waals surface area contributed by atoms with E-state index in [0.29, 0.717) is 12.6 Å². The first-order chi connectivity index (χ1) is 12.6. The molecule has 1 rings (SSSR count). The maximum atomic E-state index is 12.7. The summed E-state index contributed by atoms with van der Waals surface area (Å²) in [6, 6.07) is 3.34. The van der Waals surface area contributed by atoms with Crippen molar-refractivity contribution in [3.63, 3.8) is 0 Å². The van der Waals surface area contributed by atoms with E-state index in [4.69, 9.17) is 4.74 Å². The number of halogens is 3. The minimum absolute atomic E-state index is 0.0631. The van der Waals surface area contributed by atoms with Crippen LogP contribution in [-0.2, 0) is 30.5 Å². The molecule has 1 amide bonds. The quantitative estimate of drug-likeness (QED) is 0.453. The number of sulfonamides is 1. The average molecular weight is 410 g/mol. The van der Waals surface area contributed by atoms with Crippen molar-refractivity contribution in [1.29, 1.82) is 0 Å². The molecule has 0 aliphatic carbocycles. The lowest BCUT2D eigenvalue weighted by Crippen LogP contribution is -2.29. The maximum absolute atomic E-state index is 12.7. The molecule has 27 heavy (non-hydrogen) atoms. The normalized spacial score (nSPS) is 11.9. The zero-order chi connectivity index (χ0) is 20.5. The Labute approximate surface area is 155 Å². The van der Waals surface area contributed by atoms with E-state index in [1.54, 1.807) is 0 Å². The highest BCUT2D eigenvalue weighted by molar-refractivity contribution is 7.89. The molecular formula is C16H21F3N2O5S. The number of hydrogen-bond acceptors (Lipinski definition) is 5. The molecule has 1 aromatic rings. The van der Waals surface area contributed by atoms with E-state index in [1.165, 1.54) is 0 Å². The molecule has 11 heteroatoms. The van der Waals surface area contributed by atoms with E-state index in [-0.39, 0.29) is 19.4 Å². The van der Waals surface area contributed by atoms with Crippen molar-refractivity contribution in [1.82, 2.24) is 10.0 Å². The Balaban J connectivity index is 2.43. The van der Waals surface area contributed by atoms with Crippen LogP contribution in [0.15, 0.2) is 29.2 Å². The first-order valence-electron chi connectivity index (χ1n) is 8.15. The van der Waals surface area contributed by atoms with Crippen LogP contribution in [0.25, 0.3) is 0 Å². The van der Waals surface area contributed by atoms with E-state index in [2.05, 4.69) is 10.0 Å². The summed E-state index contributed by atoms with van der Waals surface area (Å²) in [4.78, 5) is 22.2. The van der Waals surface area contributed by atoms with Crippen molar-refractivity contribution in [2.75, 3.05) is 19.7 Å². The Kier molecular flexibility index (Phi) is 8.70. The van der Waals surface area contributed by atoms with Crippen molar-refractivity contribution in [3.8, 4) is 0 Å². The molecule has 152 valence electrons. The highest BCUT2D eigenvalue weighted by Gasteiger charge is 2.31. The van der Waals surface area contributed by atoms with Gasteiger partial charge in [0.1, 0.15) is 0 Å². The molecule has 1 aromatic carbocycles. The Morgan fingerprint density at radius 2 is 1.89 bits per heavy atom. The second-order valence-corrected chi connectivity index (χ2v) is 7.30. The molecule has 0 spiro atoms. The fourth-order valence-electron chi connectivity index (χ4n) is 1.90. The minimum Gasteiger partial charge on any atom is -0.456 e. The monoisotopic (exact) mass is 410 g/mol. The Hall–Kier alpha value is -2.14. The van der Waals surface area contributed by atoms with Gasteiger partial charge in [0.25, 0.3) is 5.91 Å². The summed E-state index contributed by atoms with van der Waals surface area (Å²) in [5, 5.41) is 2.52. The van der Waals surface area contributed by atoms with Crippen LogP contribution >= 0.6 is 0 Å². The van der Waals surface area contributed by atoms with Crippen LogP contribution in [0.5, 0.6) is 0 Å². The van der Waals surface area contributed by atoms with Crippen LogP contribution in [0, 0.1) is 0 Å². The van der Waals surface area contributed by atoms with Crippen molar-refractivity contribution in [2.24, 2.45) is 0 Å². The molecule has 0 radical (unpaired) electrons. The summed E-state index contributed by atoms with van der Waals surface area (Å²) in [6.45, 7) is 1.74. The molecule has 0 aromatic heterocycles. The molecule has 0 saturated carbocycles. The number of ether oxygens (including phenoxy) is 1. The Morgan fingerprint density at radius 3 is 2.52 bits per heavy atom. The third-order valence-electron chi connectivity index (χ3n) is 3.26. The fourth-order valence-corrected chi connectivity index (χ4v) is 3.02. The average Bonchev–Trinajstić information content (AvgIpc) is 2.61. The van der Waals surface area contributed by atoms with Gasteiger partial charge in [0.05, 0.1) is 10.5 Å². The van der Waals surface area contributed by atoms with Crippen LogP contribution < -0.4 is 10.0 Å². The van der Waals surface area contributed by atoms with Gasteiger partial charge >= 0.3 is 12.1 Å². The van der Waals surface area contributed by atoms with Crippen LogP contribution in [-0.4, -0.2) is 40.0 Å². The van der Waals surface area contributed by atoms with E-state index >= 15 is 0 Å². The topological polar surface area (TPSA) is 102 Å². The number of esters is 1. The molecule has 0 unspecified atom stereocenters. The number of alkyl halides is 3. The van der Waals surface area contributed by atoms with Gasteiger partial charge in [-0.05, 0) is 31.0 Å². The zero-order valence-electron chi connectivity index (χ0n) is 14.6. The van der Waals surface area contributed by atoms with Gasteiger partial charge in [0.15, 0.2) is 6.61 Å². The van der Waals surface area contributed by atoms with Crippen LogP contribution in [0.1, 0.15) is 31.7 Å². The SMILES string of the molecule is CCCNC(=O)COC(=O)CCCNS(=O)(=O)c1cccc(C(F)(F)F)c1. The number of carbonyl (C=O) groups is 2. The molecule has 7 nitrogen and oxygen atoms in total. The standard InChI is InChI=1S/C16H21F3N2O5S/c1-2-8-20-14(22)11-26-15(23)7-4-9-21-27(24,25)13-6-3-5-12(10-13)16(17,18)19/h3,5-6,10,21H,2,4,7-9,11H2,1H3,(H,20,22). The predicted molar refractivity (Wildman–Crippen MR) is 90.1 cm³/mol.